The molecule has 1 aliphatic heterocycles. The van der Waals surface area contributed by atoms with Gasteiger partial charge in [-0.2, -0.15) is 0 Å². The highest BCUT2D eigenvalue weighted by atomic mass is 15.2. The maximum Gasteiger partial charge on any atom is 0.0192 e. The van der Waals surface area contributed by atoms with E-state index in [2.05, 4.69) is 30.6 Å². The maximum atomic E-state index is 3.72. The van der Waals surface area contributed by atoms with Gasteiger partial charge in [0.05, 0.1) is 0 Å². The zero-order valence-corrected chi connectivity index (χ0v) is 11.0. The molecule has 1 saturated heterocycles. The summed E-state index contributed by atoms with van der Waals surface area (Å²) in [7, 11) is 0. The van der Waals surface area contributed by atoms with Crippen molar-refractivity contribution in [1.29, 1.82) is 0 Å². The minimum Gasteiger partial charge on any atom is -0.312 e. The Morgan fingerprint density at radius 3 is 2.69 bits per heavy atom. The average molecular weight is 224 g/mol. The molecule has 1 fully saturated rings. The van der Waals surface area contributed by atoms with Crippen molar-refractivity contribution in [3.05, 3.63) is 12.7 Å². The smallest absolute Gasteiger partial charge is 0.0192 e. The van der Waals surface area contributed by atoms with Crippen molar-refractivity contribution in [1.82, 2.24) is 10.2 Å². The van der Waals surface area contributed by atoms with Crippen LogP contribution in [0.1, 0.15) is 39.5 Å². The Labute approximate surface area is 101 Å². The largest absolute Gasteiger partial charge is 0.312 e. The van der Waals surface area contributed by atoms with Crippen LogP contribution in [0.2, 0.25) is 0 Å². The van der Waals surface area contributed by atoms with Crippen molar-refractivity contribution in [2.24, 2.45) is 5.92 Å². The van der Waals surface area contributed by atoms with E-state index >= 15 is 0 Å². The van der Waals surface area contributed by atoms with Crippen LogP contribution in [0.25, 0.3) is 0 Å². The van der Waals surface area contributed by atoms with Crippen LogP contribution >= 0.6 is 0 Å². The molecule has 1 unspecified atom stereocenters. The molecule has 1 rings (SSSR count). The third-order valence-electron chi connectivity index (χ3n) is 3.70. The van der Waals surface area contributed by atoms with E-state index in [1.807, 2.05) is 6.08 Å². The third-order valence-corrected chi connectivity index (χ3v) is 3.70. The highest BCUT2D eigenvalue weighted by molar-refractivity contribution is 4.78. The van der Waals surface area contributed by atoms with Crippen molar-refractivity contribution in [2.75, 3.05) is 26.2 Å². The topological polar surface area (TPSA) is 15.3 Å². The first-order valence-electron chi connectivity index (χ1n) is 6.83. The molecule has 16 heavy (non-hydrogen) atoms. The van der Waals surface area contributed by atoms with Gasteiger partial charge in [-0.1, -0.05) is 25.8 Å². The molecule has 0 aromatic rings. The van der Waals surface area contributed by atoms with E-state index in [4.69, 9.17) is 0 Å². The van der Waals surface area contributed by atoms with Crippen LogP contribution in [0.5, 0.6) is 0 Å². The van der Waals surface area contributed by atoms with E-state index in [-0.39, 0.29) is 0 Å². The summed E-state index contributed by atoms with van der Waals surface area (Å²) >= 11 is 0. The quantitative estimate of drug-likeness (QED) is 0.528. The van der Waals surface area contributed by atoms with Gasteiger partial charge in [0, 0.05) is 19.1 Å². The molecule has 0 amide bonds. The Balaban J connectivity index is 2.16. The first kappa shape index (κ1) is 13.7. The molecular formula is C14H28N2. The first-order valence-corrected chi connectivity index (χ1v) is 6.83. The number of likely N-dealkylation sites (tertiary alicyclic amines) is 1. The summed E-state index contributed by atoms with van der Waals surface area (Å²) in [4.78, 5) is 2.63. The lowest BCUT2D eigenvalue weighted by Crippen LogP contribution is -2.44. The molecule has 2 nitrogen and oxygen atoms in total. The molecule has 1 aliphatic rings. The van der Waals surface area contributed by atoms with E-state index < -0.39 is 0 Å². The second kappa shape index (κ2) is 7.86. The van der Waals surface area contributed by atoms with Crippen LogP contribution in [0.4, 0.5) is 0 Å². The summed E-state index contributed by atoms with van der Waals surface area (Å²) in [5, 5.41) is 3.41. The van der Waals surface area contributed by atoms with Crippen LogP contribution in [-0.2, 0) is 0 Å². The molecular weight excluding hydrogens is 196 g/mol. The van der Waals surface area contributed by atoms with Gasteiger partial charge in [0.1, 0.15) is 0 Å². The summed E-state index contributed by atoms with van der Waals surface area (Å²) in [5.74, 6) is 0.995. The number of piperidine rings is 1. The monoisotopic (exact) mass is 224 g/mol. The lowest BCUT2D eigenvalue weighted by Gasteiger charge is -2.36. The Morgan fingerprint density at radius 1 is 1.44 bits per heavy atom. The lowest BCUT2D eigenvalue weighted by molar-refractivity contribution is 0.136. The Kier molecular flexibility index (Phi) is 6.74. The predicted octanol–water partition coefficient (Wildman–Crippen LogP) is 2.66. The number of hydrogen-bond donors (Lipinski definition) is 1. The van der Waals surface area contributed by atoms with Gasteiger partial charge in [-0.05, 0) is 38.8 Å². The summed E-state index contributed by atoms with van der Waals surface area (Å²) < 4.78 is 0. The van der Waals surface area contributed by atoms with Gasteiger partial charge in [-0.15, -0.1) is 6.58 Å². The lowest BCUT2D eigenvalue weighted by atomic mass is 9.92. The summed E-state index contributed by atoms with van der Waals surface area (Å²) in [6.45, 7) is 13.0. The van der Waals surface area contributed by atoms with Gasteiger partial charge >= 0.3 is 0 Å². The summed E-state index contributed by atoms with van der Waals surface area (Å²) in [6, 6.07) is 0.669. The molecule has 1 heterocycles. The van der Waals surface area contributed by atoms with Gasteiger partial charge in [0.15, 0.2) is 0 Å². The minimum atomic E-state index is 0.669. The second-order valence-corrected chi connectivity index (χ2v) is 5.06. The van der Waals surface area contributed by atoms with Gasteiger partial charge in [-0.3, -0.25) is 4.90 Å². The van der Waals surface area contributed by atoms with Crippen molar-refractivity contribution < 1.29 is 0 Å². The maximum absolute atomic E-state index is 3.72. The fraction of sp³-hybridized carbons (Fsp3) is 0.857. The molecule has 0 aliphatic carbocycles. The van der Waals surface area contributed by atoms with Crippen molar-refractivity contribution in [2.45, 2.75) is 45.6 Å². The van der Waals surface area contributed by atoms with Crippen LogP contribution in [0.3, 0.4) is 0 Å². The van der Waals surface area contributed by atoms with Crippen LogP contribution in [-0.4, -0.2) is 37.1 Å². The fourth-order valence-electron chi connectivity index (χ4n) is 2.61. The van der Waals surface area contributed by atoms with Gasteiger partial charge in [0.2, 0.25) is 0 Å². The van der Waals surface area contributed by atoms with E-state index in [9.17, 15) is 0 Å². The highest BCUT2D eigenvalue weighted by Gasteiger charge is 2.21. The molecule has 94 valence electrons. The molecule has 0 spiro atoms. The number of nitrogens with zero attached hydrogens (tertiary/aromatic N) is 1. The first-order chi connectivity index (χ1) is 7.77. The van der Waals surface area contributed by atoms with Crippen LogP contribution in [0, 0.1) is 5.92 Å². The van der Waals surface area contributed by atoms with Crippen molar-refractivity contribution in [3.8, 4) is 0 Å². The molecule has 0 aromatic heterocycles. The predicted molar refractivity (Wildman–Crippen MR) is 71.7 cm³/mol. The zero-order valence-electron chi connectivity index (χ0n) is 11.0. The molecule has 2 heteroatoms. The summed E-state index contributed by atoms with van der Waals surface area (Å²) in [6.07, 6.45) is 7.51. The Morgan fingerprint density at radius 2 is 2.12 bits per heavy atom. The third kappa shape index (κ3) is 4.67. The molecule has 0 radical (unpaired) electrons. The fourth-order valence-corrected chi connectivity index (χ4v) is 2.61. The molecule has 1 atom stereocenters. The zero-order chi connectivity index (χ0) is 11.8. The second-order valence-electron chi connectivity index (χ2n) is 5.06. The Hall–Kier alpha value is -0.340. The van der Waals surface area contributed by atoms with E-state index in [0.29, 0.717) is 6.04 Å². The molecule has 0 bridgehead atoms. The molecule has 0 saturated carbocycles. The van der Waals surface area contributed by atoms with Crippen molar-refractivity contribution >= 4 is 0 Å². The van der Waals surface area contributed by atoms with Gasteiger partial charge in [0.25, 0.3) is 0 Å². The van der Waals surface area contributed by atoms with E-state index in [0.717, 1.165) is 19.0 Å². The highest BCUT2D eigenvalue weighted by Crippen LogP contribution is 2.22. The van der Waals surface area contributed by atoms with E-state index in [1.165, 1.54) is 38.8 Å². The normalized spacial score (nSPS) is 20.9. The van der Waals surface area contributed by atoms with Crippen LogP contribution in [0.15, 0.2) is 12.7 Å². The van der Waals surface area contributed by atoms with Crippen molar-refractivity contribution in [3.63, 3.8) is 0 Å². The molecule has 1 N–H and O–H groups in total. The average Bonchev–Trinajstić information content (AvgIpc) is 2.30. The van der Waals surface area contributed by atoms with Gasteiger partial charge < -0.3 is 5.32 Å². The van der Waals surface area contributed by atoms with E-state index in [1.54, 1.807) is 0 Å². The molecule has 0 aromatic carbocycles. The number of hydrogen-bond acceptors (Lipinski definition) is 2. The summed E-state index contributed by atoms with van der Waals surface area (Å²) in [5.41, 5.74) is 0. The SMILES string of the molecule is C=CCNCC(C)N1CCC(CCC)CC1. The standard InChI is InChI=1S/C14H28N2/c1-4-6-14-7-10-16(11-8-14)13(3)12-15-9-5-2/h5,13-15H,2,4,6-12H2,1,3H3. The number of nitrogens with one attached hydrogen (secondary N) is 1. The minimum absolute atomic E-state index is 0.669. The van der Waals surface area contributed by atoms with Gasteiger partial charge in [-0.25, -0.2) is 0 Å². The number of rotatable bonds is 7. The Bertz CT molecular complexity index is 183. The van der Waals surface area contributed by atoms with Crippen LogP contribution < -0.4 is 5.32 Å².